The normalized spacial score (nSPS) is 21.1. The van der Waals surface area contributed by atoms with Gasteiger partial charge in [-0.3, -0.25) is 4.79 Å². The van der Waals surface area contributed by atoms with E-state index in [-0.39, 0.29) is 16.8 Å². The number of primary sulfonamides is 1. The third-order valence-corrected chi connectivity index (χ3v) is 6.46. The van der Waals surface area contributed by atoms with E-state index in [2.05, 4.69) is 29.6 Å². The Hall–Kier alpha value is -2.22. The van der Waals surface area contributed by atoms with Crippen molar-refractivity contribution in [2.24, 2.45) is 11.1 Å². The number of amides is 1. The molecule has 1 atom stereocenters. The fourth-order valence-electron chi connectivity index (χ4n) is 3.82. The van der Waals surface area contributed by atoms with E-state index >= 15 is 0 Å². The Morgan fingerprint density at radius 2 is 1.82 bits per heavy atom. The second-order valence-corrected chi connectivity index (χ2v) is 9.14. The van der Waals surface area contributed by atoms with Crippen LogP contribution in [0, 0.1) is 5.92 Å². The van der Waals surface area contributed by atoms with E-state index in [0.717, 1.165) is 32.4 Å². The number of quaternary nitrogens is 1. The second-order valence-electron chi connectivity index (χ2n) is 7.58. The van der Waals surface area contributed by atoms with Crippen molar-refractivity contribution in [1.29, 1.82) is 0 Å². The number of carbonyl (C=O) groups is 1. The number of hydrogen-bond donors (Lipinski definition) is 3. The summed E-state index contributed by atoms with van der Waals surface area (Å²) in [4.78, 5) is 13.9. The maximum atomic E-state index is 12.6. The minimum absolute atomic E-state index is 0.00738. The number of benzene rings is 2. The lowest BCUT2D eigenvalue weighted by Crippen LogP contribution is -3.17. The molecule has 2 aromatic carbocycles. The van der Waals surface area contributed by atoms with Gasteiger partial charge in [0.1, 0.15) is 0 Å². The molecule has 1 saturated heterocycles. The molecule has 3 rings (SSSR count). The van der Waals surface area contributed by atoms with Crippen molar-refractivity contribution in [1.82, 2.24) is 0 Å². The van der Waals surface area contributed by atoms with Crippen molar-refractivity contribution >= 4 is 21.6 Å². The van der Waals surface area contributed by atoms with Gasteiger partial charge in [0.15, 0.2) is 6.04 Å². The molecule has 4 N–H and O–H groups in total. The van der Waals surface area contributed by atoms with Gasteiger partial charge in [-0.1, -0.05) is 36.4 Å². The van der Waals surface area contributed by atoms with E-state index in [1.54, 1.807) is 12.1 Å². The van der Waals surface area contributed by atoms with Crippen LogP contribution in [-0.2, 0) is 21.2 Å². The van der Waals surface area contributed by atoms with Crippen LogP contribution in [0.1, 0.15) is 25.3 Å². The van der Waals surface area contributed by atoms with Gasteiger partial charge in [0, 0.05) is 5.69 Å². The van der Waals surface area contributed by atoms with Crippen LogP contribution in [-0.4, -0.2) is 33.5 Å². The molecule has 1 aliphatic rings. The summed E-state index contributed by atoms with van der Waals surface area (Å²) in [6, 6.07) is 16.4. The Bertz CT molecular complexity index is 908. The number of sulfonamides is 1. The van der Waals surface area contributed by atoms with Crippen LogP contribution in [0.15, 0.2) is 59.5 Å². The molecule has 1 amide bonds. The molecule has 0 bridgehead atoms. The van der Waals surface area contributed by atoms with E-state index in [0.29, 0.717) is 11.6 Å². The fourth-order valence-corrected chi connectivity index (χ4v) is 4.38. The topological polar surface area (TPSA) is 93.7 Å². The number of carbonyl (C=O) groups excluding carboxylic acids is 1. The van der Waals surface area contributed by atoms with Crippen LogP contribution in [0.2, 0.25) is 0 Å². The third-order valence-electron chi connectivity index (χ3n) is 5.55. The van der Waals surface area contributed by atoms with E-state index in [1.165, 1.54) is 22.6 Å². The minimum Gasteiger partial charge on any atom is -0.325 e. The molecule has 0 unspecified atom stereocenters. The van der Waals surface area contributed by atoms with Gasteiger partial charge < -0.3 is 10.2 Å². The SMILES string of the molecule is C[C@H](C(=O)Nc1cccc(S(N)(=O)=O)c1)[NH+]1CCC(Cc2ccccc2)CC1. The molecule has 2 aromatic rings. The van der Waals surface area contributed by atoms with Crippen LogP contribution in [0.25, 0.3) is 0 Å². The maximum absolute atomic E-state index is 12.6. The zero-order chi connectivity index (χ0) is 20.1. The van der Waals surface area contributed by atoms with Gasteiger partial charge >= 0.3 is 0 Å². The van der Waals surface area contributed by atoms with Crippen molar-refractivity contribution in [2.75, 3.05) is 18.4 Å². The first-order valence-electron chi connectivity index (χ1n) is 9.65. The number of anilines is 1. The van der Waals surface area contributed by atoms with Crippen LogP contribution < -0.4 is 15.4 Å². The van der Waals surface area contributed by atoms with Crippen molar-refractivity contribution < 1.29 is 18.1 Å². The summed E-state index contributed by atoms with van der Waals surface area (Å²) in [6.07, 6.45) is 3.29. The van der Waals surface area contributed by atoms with Crippen LogP contribution in [0.4, 0.5) is 5.69 Å². The lowest BCUT2D eigenvalue weighted by Gasteiger charge is -2.32. The first-order chi connectivity index (χ1) is 13.3. The van der Waals surface area contributed by atoms with E-state index < -0.39 is 10.0 Å². The van der Waals surface area contributed by atoms with Gasteiger partial charge in [0.2, 0.25) is 10.0 Å². The van der Waals surface area contributed by atoms with Crippen molar-refractivity contribution in [3.8, 4) is 0 Å². The average molecular weight is 403 g/mol. The van der Waals surface area contributed by atoms with Gasteiger partial charge in [-0.05, 0) is 55.9 Å². The summed E-state index contributed by atoms with van der Waals surface area (Å²) in [7, 11) is -3.79. The second kappa shape index (κ2) is 8.86. The zero-order valence-electron chi connectivity index (χ0n) is 16.1. The minimum atomic E-state index is -3.79. The Balaban J connectivity index is 1.53. The van der Waals surface area contributed by atoms with Gasteiger partial charge in [-0.2, -0.15) is 0 Å². The molecule has 0 aromatic heterocycles. The first kappa shape index (κ1) is 20.5. The van der Waals surface area contributed by atoms with E-state index in [9.17, 15) is 13.2 Å². The Kier molecular flexibility index (Phi) is 6.49. The summed E-state index contributed by atoms with van der Waals surface area (Å²) in [6.45, 7) is 3.85. The quantitative estimate of drug-likeness (QED) is 0.678. The molecule has 0 aliphatic carbocycles. The molecular formula is C21H28N3O3S+. The standard InChI is InChI=1S/C21H27N3O3S/c1-16(21(25)23-19-8-5-9-20(15-19)28(22,26)27)24-12-10-18(11-13-24)14-17-6-3-2-4-7-17/h2-9,15-16,18H,10-14H2,1H3,(H,23,25)(H2,22,26,27)/p+1/t16-/m1/s1. The molecule has 1 heterocycles. The van der Waals surface area contributed by atoms with Gasteiger partial charge in [0.05, 0.1) is 18.0 Å². The molecule has 28 heavy (non-hydrogen) atoms. The van der Waals surface area contributed by atoms with Crippen LogP contribution in [0.3, 0.4) is 0 Å². The number of nitrogens with two attached hydrogens (primary N) is 1. The molecular weight excluding hydrogens is 374 g/mol. The highest BCUT2D eigenvalue weighted by Crippen LogP contribution is 2.17. The maximum Gasteiger partial charge on any atom is 0.282 e. The van der Waals surface area contributed by atoms with Gasteiger partial charge in [0.25, 0.3) is 5.91 Å². The number of nitrogens with one attached hydrogen (secondary N) is 2. The van der Waals surface area contributed by atoms with Crippen molar-refractivity contribution in [3.63, 3.8) is 0 Å². The molecule has 150 valence electrons. The summed E-state index contributed by atoms with van der Waals surface area (Å²) in [5, 5.41) is 7.98. The third kappa shape index (κ3) is 5.41. The first-order valence-corrected chi connectivity index (χ1v) is 11.2. The summed E-state index contributed by atoms with van der Waals surface area (Å²) in [5.41, 5.74) is 1.82. The number of rotatable bonds is 6. The molecule has 1 aliphatic heterocycles. The summed E-state index contributed by atoms with van der Waals surface area (Å²) < 4.78 is 22.9. The summed E-state index contributed by atoms with van der Waals surface area (Å²) >= 11 is 0. The molecule has 6 nitrogen and oxygen atoms in total. The highest BCUT2D eigenvalue weighted by molar-refractivity contribution is 7.89. The number of hydrogen-bond acceptors (Lipinski definition) is 3. The Morgan fingerprint density at radius 3 is 2.46 bits per heavy atom. The molecule has 0 saturated carbocycles. The molecule has 0 spiro atoms. The molecule has 0 radical (unpaired) electrons. The van der Waals surface area contributed by atoms with E-state index in [1.807, 2.05) is 13.0 Å². The Labute approximate surface area is 166 Å². The lowest BCUT2D eigenvalue weighted by atomic mass is 9.89. The molecule has 7 heteroatoms. The summed E-state index contributed by atoms with van der Waals surface area (Å²) in [5.74, 6) is 0.552. The highest BCUT2D eigenvalue weighted by Gasteiger charge is 2.30. The average Bonchev–Trinajstić information content (AvgIpc) is 2.68. The number of likely N-dealkylation sites (tertiary alicyclic amines) is 1. The highest BCUT2D eigenvalue weighted by atomic mass is 32.2. The predicted molar refractivity (Wildman–Crippen MR) is 109 cm³/mol. The van der Waals surface area contributed by atoms with Crippen molar-refractivity contribution in [2.45, 2.75) is 37.1 Å². The van der Waals surface area contributed by atoms with E-state index in [4.69, 9.17) is 5.14 Å². The lowest BCUT2D eigenvalue weighted by molar-refractivity contribution is -0.919. The van der Waals surface area contributed by atoms with Gasteiger partial charge in [-0.15, -0.1) is 0 Å². The van der Waals surface area contributed by atoms with Gasteiger partial charge in [-0.25, -0.2) is 13.6 Å². The molecule has 1 fully saturated rings. The predicted octanol–water partition coefficient (Wildman–Crippen LogP) is 1.20. The monoisotopic (exact) mass is 402 g/mol. The zero-order valence-corrected chi connectivity index (χ0v) is 16.9. The Morgan fingerprint density at radius 1 is 1.14 bits per heavy atom. The van der Waals surface area contributed by atoms with Crippen LogP contribution >= 0.6 is 0 Å². The fraction of sp³-hybridized carbons (Fsp3) is 0.381. The van der Waals surface area contributed by atoms with Crippen LogP contribution in [0.5, 0.6) is 0 Å². The largest absolute Gasteiger partial charge is 0.325 e. The number of piperidine rings is 1. The smallest absolute Gasteiger partial charge is 0.282 e. The van der Waals surface area contributed by atoms with Crippen molar-refractivity contribution in [3.05, 3.63) is 60.2 Å².